The first-order valence-corrected chi connectivity index (χ1v) is 16.6. The molecule has 0 radical (unpaired) electrons. The van der Waals surface area contributed by atoms with E-state index in [-0.39, 0.29) is 24.0 Å². The molecule has 0 unspecified atom stereocenters. The summed E-state index contributed by atoms with van der Waals surface area (Å²) in [5.74, 6) is 3.42. The number of nitrogens with zero attached hydrogens (tertiary/aromatic N) is 4. The van der Waals surface area contributed by atoms with Crippen LogP contribution in [0.15, 0.2) is 41.1 Å². The zero-order valence-corrected chi connectivity index (χ0v) is 26.7. The molecule has 240 valence electrons. The number of rotatable bonds is 10. The maximum absolute atomic E-state index is 14.2. The smallest absolute Gasteiger partial charge is 0.407 e. The Morgan fingerprint density at radius 1 is 0.978 bits per heavy atom. The van der Waals surface area contributed by atoms with Gasteiger partial charge in [0, 0.05) is 48.3 Å². The van der Waals surface area contributed by atoms with Crippen molar-refractivity contribution >= 4 is 17.8 Å². The Balaban J connectivity index is 1.16. The van der Waals surface area contributed by atoms with Crippen LogP contribution in [0.5, 0.6) is 5.75 Å². The van der Waals surface area contributed by atoms with Gasteiger partial charge in [-0.1, -0.05) is 0 Å². The molecule has 0 aliphatic heterocycles. The summed E-state index contributed by atoms with van der Waals surface area (Å²) in [5, 5.41) is 2.70. The van der Waals surface area contributed by atoms with Crippen LogP contribution >= 0.6 is 0 Å². The molecule has 10 heteroatoms. The minimum atomic E-state index is -0.386. The molecule has 2 amide bonds. The molecule has 0 saturated heterocycles. The molecule has 0 bridgehead atoms. The number of alkyl carbamates (subject to hydrolysis) is 1. The summed E-state index contributed by atoms with van der Waals surface area (Å²) in [7, 11) is 1.68. The fraction of sp³-hybridized carbons (Fsp3) is 0.571. The van der Waals surface area contributed by atoms with E-state index in [9.17, 15) is 9.59 Å². The van der Waals surface area contributed by atoms with Crippen LogP contribution < -0.4 is 15.0 Å². The molecule has 1 N–H and O–H groups in total. The van der Waals surface area contributed by atoms with Gasteiger partial charge in [-0.15, -0.1) is 0 Å². The predicted octanol–water partition coefficient (Wildman–Crippen LogP) is 6.94. The van der Waals surface area contributed by atoms with Crippen molar-refractivity contribution in [3.05, 3.63) is 54.0 Å². The highest BCUT2D eigenvalue weighted by molar-refractivity contribution is 5.94. The van der Waals surface area contributed by atoms with Crippen LogP contribution in [0.3, 0.4) is 0 Å². The molecule has 3 fully saturated rings. The number of nitrogens with one attached hydrogen (secondary N) is 1. The molecular formula is C35H45N5O5. The van der Waals surface area contributed by atoms with Crippen LogP contribution in [-0.2, 0) is 9.53 Å². The van der Waals surface area contributed by atoms with Gasteiger partial charge in [-0.25, -0.2) is 14.8 Å². The third-order valence-electron chi connectivity index (χ3n) is 9.64. The van der Waals surface area contributed by atoms with Gasteiger partial charge in [0.05, 0.1) is 12.8 Å². The summed E-state index contributed by atoms with van der Waals surface area (Å²) in [4.78, 5) is 42.4. The lowest BCUT2D eigenvalue weighted by Crippen LogP contribution is -2.42. The van der Waals surface area contributed by atoms with Gasteiger partial charge in [0.25, 0.3) is 0 Å². The molecule has 0 spiro atoms. The Morgan fingerprint density at radius 3 is 2.42 bits per heavy atom. The number of hydrogen-bond donors (Lipinski definition) is 1. The fourth-order valence-electron chi connectivity index (χ4n) is 6.85. The van der Waals surface area contributed by atoms with Crippen LogP contribution in [-0.4, -0.2) is 53.3 Å². The van der Waals surface area contributed by atoms with Gasteiger partial charge in [0.1, 0.15) is 29.6 Å². The monoisotopic (exact) mass is 615 g/mol. The molecule has 45 heavy (non-hydrogen) atoms. The second-order valence-electron chi connectivity index (χ2n) is 12.8. The lowest BCUT2D eigenvalue weighted by atomic mass is 9.79. The maximum atomic E-state index is 14.2. The molecule has 0 atom stereocenters. The van der Waals surface area contributed by atoms with Gasteiger partial charge >= 0.3 is 6.09 Å². The Kier molecular flexibility index (Phi) is 9.66. The molecule has 3 heterocycles. The van der Waals surface area contributed by atoms with Gasteiger partial charge in [-0.2, -0.15) is 0 Å². The van der Waals surface area contributed by atoms with Gasteiger partial charge in [0.15, 0.2) is 5.89 Å². The van der Waals surface area contributed by atoms with Crippen LogP contribution in [0.1, 0.15) is 100 Å². The first kappa shape index (κ1) is 31.0. The van der Waals surface area contributed by atoms with E-state index in [1.807, 2.05) is 36.9 Å². The second-order valence-corrected chi connectivity index (χ2v) is 12.8. The van der Waals surface area contributed by atoms with E-state index in [4.69, 9.17) is 28.8 Å². The number of anilines is 1. The van der Waals surface area contributed by atoms with Crippen LogP contribution in [0.4, 0.5) is 10.6 Å². The molecule has 3 aromatic heterocycles. The summed E-state index contributed by atoms with van der Waals surface area (Å²) in [6.07, 6.45) is 12.0. The van der Waals surface area contributed by atoms with Crippen LogP contribution in [0, 0.1) is 18.8 Å². The SMILES string of the molecule is CCNC(=O)O[C@H]1CC[C@H](C(=O)N(C[C@H]2CC[C@H](c3ccc(OC)c(C)n3)CC2)c2cc(-c3coc(C4CC4)n3)ccn2)CC1. The minimum absolute atomic E-state index is 0.101. The Labute approximate surface area is 265 Å². The van der Waals surface area contributed by atoms with Gasteiger partial charge < -0.3 is 19.2 Å². The summed E-state index contributed by atoms with van der Waals surface area (Å²) in [6, 6.07) is 8.01. The van der Waals surface area contributed by atoms with E-state index in [1.165, 1.54) is 0 Å². The lowest BCUT2D eigenvalue weighted by molar-refractivity contribution is -0.124. The largest absolute Gasteiger partial charge is 0.495 e. The van der Waals surface area contributed by atoms with Crippen molar-refractivity contribution in [1.29, 1.82) is 0 Å². The summed E-state index contributed by atoms with van der Waals surface area (Å²) >= 11 is 0. The van der Waals surface area contributed by atoms with Gasteiger partial charge in [0.2, 0.25) is 5.91 Å². The highest BCUT2D eigenvalue weighted by atomic mass is 16.6. The molecule has 3 aliphatic carbocycles. The zero-order valence-electron chi connectivity index (χ0n) is 26.7. The Hall–Kier alpha value is -3.95. The average molecular weight is 616 g/mol. The number of ether oxygens (including phenoxy) is 2. The molecule has 3 aliphatic rings. The summed E-state index contributed by atoms with van der Waals surface area (Å²) in [5.41, 5.74) is 3.72. The number of oxazole rings is 1. The van der Waals surface area contributed by atoms with Crippen LogP contribution in [0.25, 0.3) is 11.3 Å². The molecule has 3 saturated carbocycles. The predicted molar refractivity (Wildman–Crippen MR) is 170 cm³/mol. The van der Waals surface area contributed by atoms with E-state index in [2.05, 4.69) is 11.4 Å². The number of hydrogen-bond acceptors (Lipinski definition) is 8. The standard InChI is InChI=1S/C35H45N5O5/c1-4-36-35(42)45-28-13-11-26(12-14-28)34(41)40(32-19-27(17-18-37-32)30-21-44-33(39-30)25-9-10-25)20-23-5-7-24(8-6-23)29-15-16-31(43-3)22(2)38-29/h15-19,21,23-26,28H,4-14,20H2,1-3H3,(H,36,42)/t23-,24-,26-,28-. The van der Waals surface area contributed by atoms with Crippen molar-refractivity contribution in [1.82, 2.24) is 20.3 Å². The molecule has 0 aromatic carbocycles. The Morgan fingerprint density at radius 2 is 1.73 bits per heavy atom. The van der Waals surface area contributed by atoms with E-state index < -0.39 is 0 Å². The van der Waals surface area contributed by atoms with Crippen LogP contribution in [0.2, 0.25) is 0 Å². The first-order valence-electron chi connectivity index (χ1n) is 16.6. The normalized spacial score (nSPS) is 23.3. The highest BCUT2D eigenvalue weighted by Crippen LogP contribution is 2.41. The lowest BCUT2D eigenvalue weighted by Gasteiger charge is -2.35. The van der Waals surface area contributed by atoms with Crippen molar-refractivity contribution in [2.75, 3.05) is 25.1 Å². The highest BCUT2D eigenvalue weighted by Gasteiger charge is 2.35. The number of amides is 2. The van der Waals surface area contributed by atoms with Crippen molar-refractivity contribution < 1.29 is 23.5 Å². The van der Waals surface area contributed by atoms with E-state index in [1.54, 1.807) is 19.6 Å². The Bertz CT molecular complexity index is 1470. The number of carbonyl (C=O) groups is 2. The number of aryl methyl sites for hydroxylation is 1. The number of carbonyl (C=O) groups excluding carboxylic acids is 2. The van der Waals surface area contributed by atoms with Crippen molar-refractivity contribution in [2.45, 2.75) is 96.0 Å². The molecule has 10 nitrogen and oxygen atoms in total. The average Bonchev–Trinajstić information content (AvgIpc) is 3.80. The summed E-state index contributed by atoms with van der Waals surface area (Å²) < 4.78 is 16.7. The summed E-state index contributed by atoms with van der Waals surface area (Å²) in [6.45, 7) is 5.01. The molecule has 6 rings (SSSR count). The number of aromatic nitrogens is 3. The molecular weight excluding hydrogens is 570 g/mol. The zero-order chi connectivity index (χ0) is 31.3. The van der Waals surface area contributed by atoms with Crippen molar-refractivity contribution in [2.24, 2.45) is 11.8 Å². The number of pyridine rings is 2. The van der Waals surface area contributed by atoms with Gasteiger partial charge in [-0.3, -0.25) is 14.7 Å². The van der Waals surface area contributed by atoms with Crippen molar-refractivity contribution in [3.63, 3.8) is 0 Å². The third-order valence-corrected chi connectivity index (χ3v) is 9.64. The number of methoxy groups -OCH3 is 1. The topological polar surface area (TPSA) is 120 Å². The van der Waals surface area contributed by atoms with Gasteiger partial charge in [-0.05, 0) is 108 Å². The van der Waals surface area contributed by atoms with E-state index in [0.717, 1.165) is 72.8 Å². The second kappa shape index (κ2) is 14.0. The van der Waals surface area contributed by atoms with E-state index >= 15 is 0 Å². The maximum Gasteiger partial charge on any atom is 0.407 e. The first-order chi connectivity index (χ1) is 21.9. The molecule has 3 aromatic rings. The minimum Gasteiger partial charge on any atom is -0.495 e. The fourth-order valence-corrected chi connectivity index (χ4v) is 6.85. The quantitative estimate of drug-likeness (QED) is 0.261. The third kappa shape index (κ3) is 7.48. The van der Waals surface area contributed by atoms with Crippen molar-refractivity contribution in [3.8, 4) is 17.0 Å². The van der Waals surface area contributed by atoms with E-state index in [0.29, 0.717) is 62.3 Å².